The van der Waals surface area contributed by atoms with Crippen molar-refractivity contribution >= 4 is 11.8 Å². The predicted molar refractivity (Wildman–Crippen MR) is 66.5 cm³/mol. The van der Waals surface area contributed by atoms with Gasteiger partial charge in [0.25, 0.3) is 11.8 Å². The largest absolute Gasteiger partial charge is 0.483 e. The summed E-state index contributed by atoms with van der Waals surface area (Å²) in [6.45, 7) is -0.113. The van der Waals surface area contributed by atoms with Crippen LogP contribution in [0.25, 0.3) is 0 Å². The molecule has 9 nitrogen and oxygen atoms in total. The molecule has 0 spiro atoms. The van der Waals surface area contributed by atoms with Crippen LogP contribution >= 0.6 is 0 Å². The summed E-state index contributed by atoms with van der Waals surface area (Å²) >= 11 is 0. The Hall–Kier alpha value is -2.97. The maximum Gasteiger partial charge on any atom is 0.258 e. The zero-order valence-electron chi connectivity index (χ0n) is 10.4. The van der Waals surface area contributed by atoms with Crippen molar-refractivity contribution in [3.05, 3.63) is 35.7 Å². The number of aromatic nitrogens is 4. The van der Waals surface area contributed by atoms with Gasteiger partial charge < -0.3 is 15.8 Å². The fraction of sp³-hybridized carbons (Fsp3) is 0.182. The molecule has 0 saturated carbocycles. The van der Waals surface area contributed by atoms with E-state index in [1.807, 2.05) is 0 Å². The van der Waals surface area contributed by atoms with E-state index in [1.165, 1.54) is 6.07 Å². The van der Waals surface area contributed by atoms with E-state index in [2.05, 4.69) is 25.9 Å². The van der Waals surface area contributed by atoms with Crippen molar-refractivity contribution < 1.29 is 14.3 Å². The predicted octanol–water partition coefficient (Wildman–Crippen LogP) is -1.01. The van der Waals surface area contributed by atoms with Gasteiger partial charge in [-0.05, 0) is 12.1 Å². The zero-order chi connectivity index (χ0) is 14.4. The average Bonchev–Trinajstić information content (AvgIpc) is 2.96. The van der Waals surface area contributed by atoms with Gasteiger partial charge in [-0.2, -0.15) is 5.21 Å². The number of carbonyl (C=O) groups is 2. The molecule has 4 N–H and O–H groups in total. The van der Waals surface area contributed by atoms with E-state index in [0.717, 1.165) is 0 Å². The topological polar surface area (TPSA) is 136 Å². The zero-order valence-corrected chi connectivity index (χ0v) is 10.4. The van der Waals surface area contributed by atoms with Gasteiger partial charge in [-0.1, -0.05) is 17.3 Å². The number of nitrogens with one attached hydrogen (secondary N) is 2. The first kappa shape index (κ1) is 13.5. The molecular formula is C11H12N6O3. The smallest absolute Gasteiger partial charge is 0.258 e. The van der Waals surface area contributed by atoms with Crippen LogP contribution in [0, 0.1) is 0 Å². The molecule has 1 aromatic heterocycles. The molecule has 9 heteroatoms. The average molecular weight is 276 g/mol. The number of primary amides is 1. The van der Waals surface area contributed by atoms with E-state index in [0.29, 0.717) is 5.82 Å². The molecule has 0 bridgehead atoms. The van der Waals surface area contributed by atoms with Gasteiger partial charge in [-0.25, -0.2) is 0 Å². The Labute approximate surface area is 113 Å². The molecule has 0 radical (unpaired) electrons. The summed E-state index contributed by atoms with van der Waals surface area (Å²) in [4.78, 5) is 22.7. The maximum atomic E-state index is 11.6. The van der Waals surface area contributed by atoms with Crippen LogP contribution < -0.4 is 15.8 Å². The minimum atomic E-state index is -0.618. The van der Waals surface area contributed by atoms with Gasteiger partial charge in [0.2, 0.25) is 0 Å². The number of amides is 2. The SMILES string of the molecule is NC(=O)c1ccccc1OCC(=O)NCc1nn[nH]n1. The Balaban J connectivity index is 1.85. The van der Waals surface area contributed by atoms with E-state index >= 15 is 0 Å². The second kappa shape index (κ2) is 6.27. The molecule has 0 atom stereocenters. The van der Waals surface area contributed by atoms with Crippen LogP contribution in [-0.4, -0.2) is 39.0 Å². The Morgan fingerprint density at radius 3 is 2.85 bits per heavy atom. The lowest BCUT2D eigenvalue weighted by Crippen LogP contribution is -2.29. The Morgan fingerprint density at radius 2 is 2.15 bits per heavy atom. The van der Waals surface area contributed by atoms with E-state index in [4.69, 9.17) is 10.5 Å². The monoisotopic (exact) mass is 276 g/mol. The van der Waals surface area contributed by atoms with Crippen LogP contribution in [0.15, 0.2) is 24.3 Å². The fourth-order valence-corrected chi connectivity index (χ4v) is 1.43. The lowest BCUT2D eigenvalue weighted by atomic mass is 10.2. The van der Waals surface area contributed by atoms with Crippen molar-refractivity contribution in [2.45, 2.75) is 6.54 Å². The molecule has 0 fully saturated rings. The number of aromatic amines is 1. The molecule has 2 rings (SSSR count). The number of para-hydroxylation sites is 1. The first-order valence-corrected chi connectivity index (χ1v) is 5.67. The van der Waals surface area contributed by atoms with Crippen molar-refractivity contribution in [1.82, 2.24) is 25.9 Å². The second-order valence-corrected chi connectivity index (χ2v) is 3.75. The molecule has 0 unspecified atom stereocenters. The quantitative estimate of drug-likeness (QED) is 0.618. The van der Waals surface area contributed by atoms with Crippen LogP contribution in [0.4, 0.5) is 0 Å². The summed E-state index contributed by atoms with van der Waals surface area (Å²) in [5, 5.41) is 15.5. The Morgan fingerprint density at radius 1 is 1.35 bits per heavy atom. The van der Waals surface area contributed by atoms with Gasteiger partial charge in [-0.15, -0.1) is 10.2 Å². The third-order valence-corrected chi connectivity index (χ3v) is 2.34. The molecule has 104 valence electrons. The number of hydrogen-bond donors (Lipinski definition) is 3. The standard InChI is InChI=1S/C11H12N6O3/c12-11(19)7-3-1-2-4-8(7)20-6-10(18)13-5-9-14-16-17-15-9/h1-4H,5-6H2,(H2,12,19)(H,13,18)(H,14,15,16,17). The highest BCUT2D eigenvalue weighted by Crippen LogP contribution is 2.16. The Kier molecular flexibility index (Phi) is 4.22. The number of ether oxygens (including phenoxy) is 1. The third-order valence-electron chi connectivity index (χ3n) is 2.34. The first-order valence-electron chi connectivity index (χ1n) is 5.67. The van der Waals surface area contributed by atoms with Crippen molar-refractivity contribution in [1.29, 1.82) is 0 Å². The molecule has 20 heavy (non-hydrogen) atoms. The van der Waals surface area contributed by atoms with Crippen LogP contribution in [0.1, 0.15) is 16.2 Å². The normalized spacial score (nSPS) is 10.0. The maximum absolute atomic E-state index is 11.6. The lowest BCUT2D eigenvalue weighted by Gasteiger charge is -2.08. The summed E-state index contributed by atoms with van der Waals surface area (Å²) < 4.78 is 5.25. The summed E-state index contributed by atoms with van der Waals surface area (Å²) in [5.74, 6) is -0.382. The molecule has 0 aliphatic heterocycles. The highest BCUT2D eigenvalue weighted by atomic mass is 16.5. The molecule has 0 aliphatic rings. The van der Waals surface area contributed by atoms with Gasteiger partial charge in [0.15, 0.2) is 12.4 Å². The van der Waals surface area contributed by atoms with Gasteiger partial charge in [0, 0.05) is 0 Å². The van der Waals surface area contributed by atoms with Crippen LogP contribution in [-0.2, 0) is 11.3 Å². The van der Waals surface area contributed by atoms with Crippen LogP contribution in [0.2, 0.25) is 0 Å². The fourth-order valence-electron chi connectivity index (χ4n) is 1.43. The number of carbonyl (C=O) groups excluding carboxylic acids is 2. The van der Waals surface area contributed by atoms with Crippen LogP contribution in [0.5, 0.6) is 5.75 Å². The molecule has 0 saturated heterocycles. The third kappa shape index (κ3) is 3.51. The highest BCUT2D eigenvalue weighted by molar-refractivity contribution is 5.95. The first-order chi connectivity index (χ1) is 9.66. The van der Waals surface area contributed by atoms with E-state index in [1.54, 1.807) is 18.2 Å². The van der Waals surface area contributed by atoms with Gasteiger partial charge in [-0.3, -0.25) is 9.59 Å². The number of nitrogens with two attached hydrogens (primary N) is 1. The number of rotatable bonds is 6. The minimum Gasteiger partial charge on any atom is -0.483 e. The summed E-state index contributed by atoms with van der Waals surface area (Å²) in [5.41, 5.74) is 5.42. The van der Waals surface area contributed by atoms with Crippen molar-refractivity contribution in [2.75, 3.05) is 6.61 Å². The van der Waals surface area contributed by atoms with Gasteiger partial charge in [0.05, 0.1) is 12.1 Å². The molecule has 2 amide bonds. The van der Waals surface area contributed by atoms with Crippen molar-refractivity contribution in [2.24, 2.45) is 5.73 Å². The van der Waals surface area contributed by atoms with Gasteiger partial charge in [0.1, 0.15) is 5.75 Å². The highest BCUT2D eigenvalue weighted by Gasteiger charge is 2.10. The van der Waals surface area contributed by atoms with Crippen molar-refractivity contribution in [3.63, 3.8) is 0 Å². The number of hydrogen-bond acceptors (Lipinski definition) is 6. The minimum absolute atomic E-state index is 0.135. The van der Waals surface area contributed by atoms with Crippen molar-refractivity contribution in [3.8, 4) is 5.75 Å². The summed E-state index contributed by atoms with van der Waals surface area (Å²) in [7, 11) is 0. The lowest BCUT2D eigenvalue weighted by molar-refractivity contribution is -0.123. The van der Waals surface area contributed by atoms with Gasteiger partial charge >= 0.3 is 0 Å². The van der Waals surface area contributed by atoms with E-state index in [9.17, 15) is 9.59 Å². The molecule has 1 aromatic carbocycles. The van der Waals surface area contributed by atoms with Crippen LogP contribution in [0.3, 0.4) is 0 Å². The summed E-state index contributed by atoms with van der Waals surface area (Å²) in [6.07, 6.45) is 0. The number of benzene rings is 1. The number of H-pyrrole nitrogens is 1. The Bertz CT molecular complexity index is 598. The molecule has 2 aromatic rings. The second-order valence-electron chi connectivity index (χ2n) is 3.75. The molecular weight excluding hydrogens is 264 g/mol. The van der Waals surface area contributed by atoms with E-state index < -0.39 is 5.91 Å². The van der Waals surface area contributed by atoms with E-state index in [-0.39, 0.29) is 30.4 Å². The molecule has 0 aliphatic carbocycles. The summed E-state index contributed by atoms with van der Waals surface area (Å²) in [6, 6.07) is 6.42. The number of tetrazole rings is 1. The number of nitrogens with zero attached hydrogens (tertiary/aromatic N) is 3. The molecule has 1 heterocycles.